The van der Waals surface area contributed by atoms with Gasteiger partial charge in [0.05, 0.1) is 6.54 Å². The number of carbonyl (C=O) groups excluding carboxylic acids is 1. The number of Topliss-reactive ketones (excluding diaryl/α,β-unsaturated/α-hetero) is 1. The molecule has 0 atom stereocenters. The van der Waals surface area contributed by atoms with Crippen molar-refractivity contribution in [2.45, 2.75) is 39.5 Å². The van der Waals surface area contributed by atoms with Crippen molar-refractivity contribution in [3.05, 3.63) is 0 Å². The van der Waals surface area contributed by atoms with Crippen molar-refractivity contribution >= 4 is 5.78 Å². The summed E-state index contributed by atoms with van der Waals surface area (Å²) in [5, 5.41) is 0. The van der Waals surface area contributed by atoms with Gasteiger partial charge in [0.15, 0.2) is 5.78 Å². The molecule has 0 aliphatic heterocycles. The fourth-order valence-electron chi connectivity index (χ4n) is 3.94. The lowest BCUT2D eigenvalue weighted by Crippen LogP contribution is -2.42. The number of hydrogen-bond acceptors (Lipinski definition) is 2. The van der Waals surface area contributed by atoms with Gasteiger partial charge in [-0.1, -0.05) is 13.8 Å². The van der Waals surface area contributed by atoms with Gasteiger partial charge in [0.2, 0.25) is 0 Å². The highest BCUT2D eigenvalue weighted by Crippen LogP contribution is 2.66. The number of nitrogens with zero attached hydrogens (tertiary/aromatic N) is 1. The third-order valence-electron chi connectivity index (χ3n) is 5.09. The molecule has 15 heavy (non-hydrogen) atoms. The van der Waals surface area contributed by atoms with Crippen LogP contribution in [0.2, 0.25) is 0 Å². The van der Waals surface area contributed by atoms with Crippen molar-refractivity contribution in [2.75, 3.05) is 20.6 Å². The van der Waals surface area contributed by atoms with E-state index >= 15 is 0 Å². The Bertz CT molecular complexity index is 272. The topological polar surface area (TPSA) is 20.3 Å². The number of ketones is 1. The predicted octanol–water partition coefficient (Wildman–Crippen LogP) is 2.33. The third-order valence-corrected chi connectivity index (χ3v) is 5.09. The van der Waals surface area contributed by atoms with E-state index in [0.717, 1.165) is 18.8 Å². The first-order valence-electron chi connectivity index (χ1n) is 6.08. The second kappa shape index (κ2) is 3.31. The molecular weight excluding hydrogens is 186 g/mol. The molecule has 2 saturated carbocycles. The fraction of sp³-hybridized carbons (Fsp3) is 0.923. The van der Waals surface area contributed by atoms with Gasteiger partial charge < -0.3 is 4.90 Å². The standard InChI is InChI=1S/C13H23NO/c1-12(2)10-5-7-13(12,8-6-10)11(15)9-14(3)4/h10H,5-9H2,1-4H3. The SMILES string of the molecule is CN(C)CC(=O)C12CCC(CC1)C2(C)C. The van der Waals surface area contributed by atoms with Gasteiger partial charge in [0.1, 0.15) is 0 Å². The van der Waals surface area contributed by atoms with E-state index in [1.165, 1.54) is 12.8 Å². The molecule has 2 bridgehead atoms. The highest BCUT2D eigenvalue weighted by Gasteiger charge is 2.62. The molecule has 0 amide bonds. The molecular formula is C13H23NO. The van der Waals surface area contributed by atoms with E-state index in [1.54, 1.807) is 0 Å². The number of likely N-dealkylation sites (N-methyl/N-ethyl adjacent to an activating group) is 1. The van der Waals surface area contributed by atoms with Crippen LogP contribution in [-0.2, 0) is 4.79 Å². The molecule has 2 aliphatic carbocycles. The van der Waals surface area contributed by atoms with E-state index in [4.69, 9.17) is 0 Å². The van der Waals surface area contributed by atoms with Crippen molar-refractivity contribution < 1.29 is 4.79 Å². The Morgan fingerprint density at radius 3 is 2.13 bits per heavy atom. The number of fused-ring (bicyclic) bond motifs is 2. The first-order valence-corrected chi connectivity index (χ1v) is 6.08. The summed E-state index contributed by atoms with van der Waals surface area (Å²) in [5.74, 6) is 1.28. The lowest BCUT2D eigenvalue weighted by molar-refractivity contribution is -0.133. The average Bonchev–Trinajstić information content (AvgIpc) is 2.53. The van der Waals surface area contributed by atoms with Crippen LogP contribution in [-0.4, -0.2) is 31.3 Å². The normalized spacial score (nSPS) is 37.5. The summed E-state index contributed by atoms with van der Waals surface area (Å²) >= 11 is 0. The molecule has 86 valence electrons. The Balaban J connectivity index is 2.23. The average molecular weight is 209 g/mol. The smallest absolute Gasteiger partial charge is 0.153 e. The van der Waals surface area contributed by atoms with Gasteiger partial charge in [0.25, 0.3) is 0 Å². The van der Waals surface area contributed by atoms with E-state index in [-0.39, 0.29) is 10.8 Å². The predicted molar refractivity (Wildman–Crippen MR) is 61.7 cm³/mol. The van der Waals surface area contributed by atoms with Crippen LogP contribution in [0.1, 0.15) is 39.5 Å². The number of rotatable bonds is 3. The van der Waals surface area contributed by atoms with Crippen molar-refractivity contribution in [1.29, 1.82) is 0 Å². The van der Waals surface area contributed by atoms with Crippen LogP contribution in [0.4, 0.5) is 0 Å². The van der Waals surface area contributed by atoms with Crippen LogP contribution >= 0.6 is 0 Å². The molecule has 2 fully saturated rings. The molecule has 0 unspecified atom stereocenters. The number of hydrogen-bond donors (Lipinski definition) is 0. The zero-order valence-electron chi connectivity index (χ0n) is 10.5. The summed E-state index contributed by atoms with van der Waals surface area (Å²) in [4.78, 5) is 14.4. The summed E-state index contributed by atoms with van der Waals surface area (Å²) < 4.78 is 0. The third kappa shape index (κ3) is 1.37. The van der Waals surface area contributed by atoms with E-state index in [0.29, 0.717) is 12.3 Å². The van der Waals surface area contributed by atoms with Gasteiger partial charge in [-0.25, -0.2) is 0 Å². The Labute approximate surface area is 93.0 Å². The molecule has 0 aromatic rings. The largest absolute Gasteiger partial charge is 0.302 e. The molecule has 2 rings (SSSR count). The van der Waals surface area contributed by atoms with Crippen LogP contribution in [0.25, 0.3) is 0 Å². The monoisotopic (exact) mass is 209 g/mol. The Kier molecular flexibility index (Phi) is 2.45. The Morgan fingerprint density at radius 1 is 1.27 bits per heavy atom. The highest BCUT2D eigenvalue weighted by atomic mass is 16.1. The van der Waals surface area contributed by atoms with Gasteiger partial charge in [-0.3, -0.25) is 4.79 Å². The van der Waals surface area contributed by atoms with Crippen LogP contribution in [0.15, 0.2) is 0 Å². The van der Waals surface area contributed by atoms with E-state index in [2.05, 4.69) is 13.8 Å². The molecule has 0 radical (unpaired) electrons. The minimum atomic E-state index is 0.0158. The second-order valence-corrected chi connectivity index (χ2v) is 6.24. The first kappa shape index (κ1) is 11.1. The molecule has 0 spiro atoms. The van der Waals surface area contributed by atoms with Gasteiger partial charge in [-0.15, -0.1) is 0 Å². The molecule has 2 heteroatoms. The summed E-state index contributed by atoms with van der Waals surface area (Å²) in [6.07, 6.45) is 4.81. The minimum absolute atomic E-state index is 0.0158. The van der Waals surface area contributed by atoms with Crippen molar-refractivity contribution in [3.63, 3.8) is 0 Å². The summed E-state index contributed by atoms with van der Waals surface area (Å²) in [5.41, 5.74) is 0.266. The maximum absolute atomic E-state index is 12.4. The summed E-state index contributed by atoms with van der Waals surface area (Å²) in [6.45, 7) is 5.24. The van der Waals surface area contributed by atoms with Crippen LogP contribution < -0.4 is 0 Å². The van der Waals surface area contributed by atoms with Crippen LogP contribution in [0.5, 0.6) is 0 Å². The zero-order chi connectivity index (χ0) is 11.3. The van der Waals surface area contributed by atoms with Crippen molar-refractivity contribution in [1.82, 2.24) is 4.90 Å². The molecule has 0 N–H and O–H groups in total. The Morgan fingerprint density at radius 2 is 1.80 bits per heavy atom. The highest BCUT2D eigenvalue weighted by molar-refractivity contribution is 5.88. The molecule has 0 aromatic heterocycles. The van der Waals surface area contributed by atoms with E-state index in [9.17, 15) is 4.79 Å². The lowest BCUT2D eigenvalue weighted by atomic mass is 9.66. The summed E-state index contributed by atoms with van der Waals surface area (Å²) in [7, 11) is 3.98. The van der Waals surface area contributed by atoms with Gasteiger partial charge in [-0.05, 0) is 51.1 Å². The summed E-state index contributed by atoms with van der Waals surface area (Å²) in [6, 6.07) is 0. The van der Waals surface area contributed by atoms with Crippen LogP contribution in [0.3, 0.4) is 0 Å². The molecule has 0 heterocycles. The van der Waals surface area contributed by atoms with Gasteiger partial charge >= 0.3 is 0 Å². The number of carbonyl (C=O) groups is 1. The Hall–Kier alpha value is -0.370. The second-order valence-electron chi connectivity index (χ2n) is 6.24. The fourth-order valence-corrected chi connectivity index (χ4v) is 3.94. The van der Waals surface area contributed by atoms with Crippen molar-refractivity contribution in [2.24, 2.45) is 16.7 Å². The molecule has 2 nitrogen and oxygen atoms in total. The van der Waals surface area contributed by atoms with Gasteiger partial charge in [-0.2, -0.15) is 0 Å². The van der Waals surface area contributed by atoms with Crippen molar-refractivity contribution in [3.8, 4) is 0 Å². The maximum Gasteiger partial charge on any atom is 0.153 e. The van der Waals surface area contributed by atoms with Crippen LogP contribution in [0, 0.1) is 16.7 Å². The van der Waals surface area contributed by atoms with E-state index in [1.807, 2.05) is 19.0 Å². The molecule has 0 aromatic carbocycles. The molecule has 0 saturated heterocycles. The lowest BCUT2D eigenvalue weighted by Gasteiger charge is -2.37. The van der Waals surface area contributed by atoms with Gasteiger partial charge in [0, 0.05) is 5.41 Å². The quantitative estimate of drug-likeness (QED) is 0.711. The minimum Gasteiger partial charge on any atom is -0.302 e. The zero-order valence-corrected chi connectivity index (χ0v) is 10.5. The first-order chi connectivity index (χ1) is 6.90. The maximum atomic E-state index is 12.4. The molecule has 2 aliphatic rings. The van der Waals surface area contributed by atoms with E-state index < -0.39 is 0 Å².